The molecule has 0 saturated carbocycles. The fourth-order valence-corrected chi connectivity index (χ4v) is 1.46. The molecule has 17 heavy (non-hydrogen) atoms. The van der Waals surface area contributed by atoms with Crippen LogP contribution in [0.5, 0.6) is 0 Å². The molecule has 0 atom stereocenters. The van der Waals surface area contributed by atoms with Gasteiger partial charge < -0.3 is 10.6 Å². The number of aromatic nitrogens is 1. The van der Waals surface area contributed by atoms with Crippen molar-refractivity contribution >= 4 is 6.03 Å². The van der Waals surface area contributed by atoms with Gasteiger partial charge in [0.15, 0.2) is 0 Å². The van der Waals surface area contributed by atoms with E-state index in [4.69, 9.17) is 0 Å². The van der Waals surface area contributed by atoms with Gasteiger partial charge in [0, 0.05) is 25.5 Å². The van der Waals surface area contributed by atoms with E-state index >= 15 is 0 Å². The van der Waals surface area contributed by atoms with E-state index in [1.54, 1.807) is 12.4 Å². The zero-order valence-corrected chi connectivity index (χ0v) is 10.6. The number of nitrogens with zero attached hydrogens (tertiary/aromatic N) is 1. The Morgan fingerprint density at radius 2 is 2.24 bits per heavy atom. The van der Waals surface area contributed by atoms with Gasteiger partial charge in [-0.05, 0) is 30.4 Å². The molecule has 2 amide bonds. The predicted octanol–water partition coefficient (Wildman–Crippen LogP) is 2.32. The fourth-order valence-electron chi connectivity index (χ4n) is 1.46. The summed E-state index contributed by atoms with van der Waals surface area (Å²) in [5.74, 6) is 0.690. The van der Waals surface area contributed by atoms with Crippen LogP contribution in [0.1, 0.15) is 32.3 Å². The van der Waals surface area contributed by atoms with E-state index < -0.39 is 0 Å². The van der Waals surface area contributed by atoms with Crippen molar-refractivity contribution in [1.82, 2.24) is 15.6 Å². The maximum Gasteiger partial charge on any atom is 0.315 e. The maximum atomic E-state index is 11.4. The molecule has 0 aliphatic rings. The van der Waals surface area contributed by atoms with Crippen molar-refractivity contribution in [2.24, 2.45) is 5.92 Å². The van der Waals surface area contributed by atoms with E-state index in [0.29, 0.717) is 12.5 Å². The Labute approximate surface area is 103 Å². The van der Waals surface area contributed by atoms with Gasteiger partial charge in [-0.15, -0.1) is 0 Å². The molecular weight excluding hydrogens is 214 g/mol. The maximum absolute atomic E-state index is 11.4. The van der Waals surface area contributed by atoms with Crippen LogP contribution >= 0.6 is 0 Å². The van der Waals surface area contributed by atoms with Gasteiger partial charge in [0.1, 0.15) is 0 Å². The van der Waals surface area contributed by atoms with Crippen molar-refractivity contribution in [2.45, 2.75) is 33.2 Å². The number of amides is 2. The Balaban J connectivity index is 2.09. The summed E-state index contributed by atoms with van der Waals surface area (Å²) in [5, 5.41) is 5.63. The highest BCUT2D eigenvalue weighted by atomic mass is 16.2. The highest BCUT2D eigenvalue weighted by Crippen LogP contribution is 2.01. The van der Waals surface area contributed by atoms with Crippen molar-refractivity contribution in [3.8, 4) is 0 Å². The first-order valence-electron chi connectivity index (χ1n) is 6.09. The van der Waals surface area contributed by atoms with Gasteiger partial charge in [-0.2, -0.15) is 0 Å². The summed E-state index contributed by atoms with van der Waals surface area (Å²) in [6.07, 6.45) is 5.63. The highest BCUT2D eigenvalue weighted by molar-refractivity contribution is 5.73. The van der Waals surface area contributed by atoms with Gasteiger partial charge in [-0.25, -0.2) is 4.79 Å². The third-order valence-electron chi connectivity index (χ3n) is 2.42. The summed E-state index contributed by atoms with van der Waals surface area (Å²) in [7, 11) is 0. The van der Waals surface area contributed by atoms with E-state index in [2.05, 4.69) is 29.5 Å². The van der Waals surface area contributed by atoms with Crippen molar-refractivity contribution in [1.29, 1.82) is 0 Å². The molecule has 4 heteroatoms. The largest absolute Gasteiger partial charge is 0.338 e. The van der Waals surface area contributed by atoms with Crippen LogP contribution in [0.4, 0.5) is 4.79 Å². The average molecular weight is 235 g/mol. The lowest BCUT2D eigenvalue weighted by Crippen LogP contribution is -2.35. The first kappa shape index (κ1) is 13.5. The smallest absolute Gasteiger partial charge is 0.315 e. The Hall–Kier alpha value is -1.58. The Morgan fingerprint density at radius 3 is 2.88 bits per heavy atom. The van der Waals surface area contributed by atoms with Gasteiger partial charge in [-0.3, -0.25) is 4.98 Å². The van der Waals surface area contributed by atoms with Gasteiger partial charge >= 0.3 is 6.03 Å². The molecule has 0 unspecified atom stereocenters. The van der Waals surface area contributed by atoms with Gasteiger partial charge in [0.2, 0.25) is 0 Å². The minimum Gasteiger partial charge on any atom is -0.338 e. The van der Waals surface area contributed by atoms with Crippen molar-refractivity contribution < 1.29 is 4.79 Å². The number of pyridine rings is 1. The summed E-state index contributed by atoms with van der Waals surface area (Å²) in [6, 6.07) is 3.68. The third-order valence-corrected chi connectivity index (χ3v) is 2.42. The lowest BCUT2D eigenvalue weighted by Gasteiger charge is -2.08. The first-order valence-corrected chi connectivity index (χ1v) is 6.09. The average Bonchev–Trinajstić information content (AvgIpc) is 2.33. The van der Waals surface area contributed by atoms with Crippen LogP contribution < -0.4 is 10.6 Å². The zero-order valence-electron chi connectivity index (χ0n) is 10.6. The molecule has 1 heterocycles. The topological polar surface area (TPSA) is 54.0 Å². The summed E-state index contributed by atoms with van der Waals surface area (Å²) >= 11 is 0. The molecule has 0 saturated heterocycles. The second kappa shape index (κ2) is 7.65. The quantitative estimate of drug-likeness (QED) is 0.743. The molecule has 1 aromatic rings. The van der Waals surface area contributed by atoms with E-state index in [1.807, 2.05) is 12.1 Å². The molecule has 2 N–H and O–H groups in total. The molecule has 0 aliphatic carbocycles. The number of urea groups is 1. The van der Waals surface area contributed by atoms with E-state index in [-0.39, 0.29) is 6.03 Å². The number of hydrogen-bond acceptors (Lipinski definition) is 2. The number of rotatable bonds is 6. The van der Waals surface area contributed by atoms with Crippen molar-refractivity contribution in [2.75, 3.05) is 6.54 Å². The van der Waals surface area contributed by atoms with Crippen LogP contribution in [-0.2, 0) is 6.54 Å². The van der Waals surface area contributed by atoms with E-state index in [0.717, 1.165) is 24.9 Å². The monoisotopic (exact) mass is 235 g/mol. The molecule has 0 fully saturated rings. The van der Waals surface area contributed by atoms with Crippen LogP contribution in [0.25, 0.3) is 0 Å². The molecule has 0 spiro atoms. The van der Waals surface area contributed by atoms with Crippen LogP contribution in [0.2, 0.25) is 0 Å². The van der Waals surface area contributed by atoms with Gasteiger partial charge in [0.25, 0.3) is 0 Å². The third kappa shape index (κ3) is 6.56. The summed E-state index contributed by atoms with van der Waals surface area (Å²) in [5.41, 5.74) is 1.00. The van der Waals surface area contributed by atoms with Crippen molar-refractivity contribution in [3.05, 3.63) is 30.1 Å². The zero-order chi connectivity index (χ0) is 12.5. The van der Waals surface area contributed by atoms with Gasteiger partial charge in [0.05, 0.1) is 0 Å². The van der Waals surface area contributed by atoms with Crippen LogP contribution in [0.3, 0.4) is 0 Å². The second-order valence-electron chi connectivity index (χ2n) is 4.51. The molecule has 94 valence electrons. The van der Waals surface area contributed by atoms with Crippen LogP contribution in [0, 0.1) is 5.92 Å². The lowest BCUT2D eigenvalue weighted by atomic mass is 10.1. The fraction of sp³-hybridized carbons (Fsp3) is 0.538. The number of nitrogens with one attached hydrogen (secondary N) is 2. The second-order valence-corrected chi connectivity index (χ2v) is 4.51. The molecule has 0 aliphatic heterocycles. The molecule has 1 aromatic heterocycles. The Morgan fingerprint density at radius 1 is 1.41 bits per heavy atom. The molecule has 1 rings (SSSR count). The van der Waals surface area contributed by atoms with E-state index in [9.17, 15) is 4.79 Å². The number of carbonyl (C=O) groups is 1. The first-order chi connectivity index (χ1) is 8.18. The Bertz CT molecular complexity index is 325. The van der Waals surface area contributed by atoms with E-state index in [1.165, 1.54) is 0 Å². The summed E-state index contributed by atoms with van der Waals surface area (Å²) < 4.78 is 0. The molecule has 0 aromatic carbocycles. The molecule has 4 nitrogen and oxygen atoms in total. The highest BCUT2D eigenvalue weighted by Gasteiger charge is 2.00. The molecular formula is C13H21N3O. The summed E-state index contributed by atoms with van der Waals surface area (Å²) in [4.78, 5) is 15.4. The van der Waals surface area contributed by atoms with Crippen LogP contribution in [-0.4, -0.2) is 17.6 Å². The van der Waals surface area contributed by atoms with Crippen LogP contribution in [0.15, 0.2) is 24.5 Å². The lowest BCUT2D eigenvalue weighted by molar-refractivity contribution is 0.240. The number of hydrogen-bond donors (Lipinski definition) is 2. The minimum atomic E-state index is -0.113. The molecule has 0 radical (unpaired) electrons. The standard InChI is InChI=1S/C13H21N3O/c1-11(2)5-3-8-15-13(17)16-10-12-6-4-7-14-9-12/h4,6-7,9,11H,3,5,8,10H2,1-2H3,(H2,15,16,17). The van der Waals surface area contributed by atoms with Crippen molar-refractivity contribution in [3.63, 3.8) is 0 Å². The minimum absolute atomic E-state index is 0.113. The Kier molecular flexibility index (Phi) is 6.07. The summed E-state index contributed by atoms with van der Waals surface area (Å²) in [6.45, 7) is 5.62. The SMILES string of the molecule is CC(C)CCCNC(=O)NCc1cccnc1. The van der Waals surface area contributed by atoms with Gasteiger partial charge in [-0.1, -0.05) is 19.9 Å². The predicted molar refractivity (Wildman–Crippen MR) is 68.5 cm³/mol. The molecule has 0 bridgehead atoms. The number of carbonyl (C=O) groups excluding carboxylic acids is 1. The normalized spacial score (nSPS) is 10.3.